The number of hydrogen-bond donors (Lipinski definition) is 2. The molecular weight excluding hydrogens is 186 g/mol. The maximum atomic E-state index is 10.4. The largest absolute Gasteiger partial charge is 0.465 e. The van der Waals surface area contributed by atoms with E-state index in [-0.39, 0.29) is 5.97 Å². The first-order chi connectivity index (χ1) is 6.52. The maximum absolute atomic E-state index is 10.4. The molecule has 1 aromatic rings. The molecule has 0 saturated heterocycles. The number of nitrogens with two attached hydrogens (primary N) is 1. The maximum Gasteiger partial charge on any atom is 0.402 e. The minimum atomic E-state index is -1.33. The Kier molecular flexibility index (Phi) is 5.53. The number of amides is 1. The van der Waals surface area contributed by atoms with E-state index in [1.54, 1.807) is 12.1 Å². The average molecular weight is 197 g/mol. The van der Waals surface area contributed by atoms with Crippen molar-refractivity contribution < 1.29 is 19.4 Å². The number of primary amides is 1. The summed E-state index contributed by atoms with van der Waals surface area (Å²) in [4.78, 5) is 19.2. The monoisotopic (exact) mass is 197 g/mol. The fourth-order valence-corrected chi connectivity index (χ4v) is 0.655. The van der Waals surface area contributed by atoms with Crippen LogP contribution in [0.2, 0.25) is 0 Å². The lowest BCUT2D eigenvalue weighted by Crippen LogP contribution is -2.03. The number of carbonyl (C=O) groups is 2. The molecule has 5 nitrogen and oxygen atoms in total. The summed E-state index contributed by atoms with van der Waals surface area (Å²) in [5.41, 5.74) is 4.03. The highest BCUT2D eigenvalue weighted by Crippen LogP contribution is 2.07. The number of hydrogen-bond acceptors (Lipinski definition) is 3. The normalized spacial score (nSPS) is 8.07. The van der Waals surface area contributed by atoms with Crippen LogP contribution in [0.15, 0.2) is 30.3 Å². The number of carbonyl (C=O) groups excluding carboxylic acids is 1. The minimum Gasteiger partial charge on any atom is -0.465 e. The van der Waals surface area contributed by atoms with Crippen LogP contribution in [0.3, 0.4) is 0 Å². The third-order valence-corrected chi connectivity index (χ3v) is 1.00. The number of esters is 1. The molecule has 0 unspecified atom stereocenters. The van der Waals surface area contributed by atoms with Crippen molar-refractivity contribution in [3.63, 3.8) is 0 Å². The minimum absolute atomic E-state index is 0.286. The van der Waals surface area contributed by atoms with E-state index >= 15 is 0 Å². The first-order valence-electron chi connectivity index (χ1n) is 3.74. The van der Waals surface area contributed by atoms with Crippen LogP contribution in [0.4, 0.5) is 4.79 Å². The van der Waals surface area contributed by atoms with Gasteiger partial charge in [-0.3, -0.25) is 4.79 Å². The fourth-order valence-electron chi connectivity index (χ4n) is 0.655. The molecule has 0 fully saturated rings. The van der Waals surface area contributed by atoms with Gasteiger partial charge in [-0.25, -0.2) is 4.79 Å². The number of ether oxygens (including phenoxy) is 1. The molecule has 1 rings (SSSR count). The molecular formula is C9H11NO4. The van der Waals surface area contributed by atoms with Crippen LogP contribution in [0.1, 0.15) is 6.92 Å². The summed E-state index contributed by atoms with van der Waals surface area (Å²) < 4.78 is 4.78. The van der Waals surface area contributed by atoms with Gasteiger partial charge >= 0.3 is 12.1 Å². The van der Waals surface area contributed by atoms with Crippen LogP contribution < -0.4 is 10.5 Å². The van der Waals surface area contributed by atoms with E-state index in [0.717, 1.165) is 0 Å². The molecule has 0 radical (unpaired) electrons. The Morgan fingerprint density at radius 3 is 2.07 bits per heavy atom. The van der Waals surface area contributed by atoms with Gasteiger partial charge < -0.3 is 15.6 Å². The molecule has 0 bridgehead atoms. The van der Waals surface area contributed by atoms with Gasteiger partial charge in [0.2, 0.25) is 0 Å². The molecule has 0 aromatic heterocycles. The van der Waals surface area contributed by atoms with Gasteiger partial charge in [-0.2, -0.15) is 0 Å². The predicted molar refractivity (Wildman–Crippen MR) is 50.0 cm³/mol. The SMILES string of the molecule is CC(=O)Oc1ccccc1.NC(=O)O. The molecule has 5 heteroatoms. The van der Waals surface area contributed by atoms with Crippen molar-refractivity contribution in [2.45, 2.75) is 6.92 Å². The zero-order chi connectivity index (χ0) is 11.0. The van der Waals surface area contributed by atoms with Gasteiger partial charge in [0, 0.05) is 6.92 Å². The van der Waals surface area contributed by atoms with Crippen molar-refractivity contribution in [1.29, 1.82) is 0 Å². The van der Waals surface area contributed by atoms with E-state index in [2.05, 4.69) is 5.73 Å². The van der Waals surface area contributed by atoms with Crippen molar-refractivity contribution in [2.75, 3.05) is 0 Å². The van der Waals surface area contributed by atoms with Gasteiger partial charge in [-0.15, -0.1) is 0 Å². The third-order valence-electron chi connectivity index (χ3n) is 1.00. The number of para-hydroxylation sites is 1. The van der Waals surface area contributed by atoms with Crippen molar-refractivity contribution in [3.05, 3.63) is 30.3 Å². The summed E-state index contributed by atoms with van der Waals surface area (Å²) in [5.74, 6) is 0.307. The van der Waals surface area contributed by atoms with Gasteiger partial charge in [0.15, 0.2) is 0 Å². The van der Waals surface area contributed by atoms with E-state index in [4.69, 9.17) is 14.6 Å². The topological polar surface area (TPSA) is 89.6 Å². The molecule has 0 heterocycles. The smallest absolute Gasteiger partial charge is 0.402 e. The van der Waals surface area contributed by atoms with E-state index < -0.39 is 6.09 Å². The highest BCUT2D eigenvalue weighted by Gasteiger charge is 1.92. The lowest BCUT2D eigenvalue weighted by Gasteiger charge is -1.97. The van der Waals surface area contributed by atoms with Gasteiger partial charge in [0.1, 0.15) is 5.75 Å². The Morgan fingerprint density at radius 1 is 1.29 bits per heavy atom. The van der Waals surface area contributed by atoms with Crippen molar-refractivity contribution in [3.8, 4) is 5.75 Å². The molecule has 14 heavy (non-hydrogen) atoms. The molecule has 3 N–H and O–H groups in total. The molecule has 0 spiro atoms. The second-order valence-electron chi connectivity index (χ2n) is 2.24. The van der Waals surface area contributed by atoms with E-state index in [1.807, 2.05) is 18.2 Å². The number of carboxylic acid groups (broad SMARTS) is 1. The molecule has 1 amide bonds. The molecule has 0 aliphatic rings. The summed E-state index contributed by atoms with van der Waals surface area (Å²) in [6.07, 6.45) is -1.33. The predicted octanol–water partition coefficient (Wildman–Crippen LogP) is 1.24. The van der Waals surface area contributed by atoms with Crippen molar-refractivity contribution >= 4 is 12.1 Å². The first kappa shape index (κ1) is 12.0. The Hall–Kier alpha value is -2.04. The summed E-state index contributed by atoms with van der Waals surface area (Å²) in [6.45, 7) is 1.38. The van der Waals surface area contributed by atoms with Crippen molar-refractivity contribution in [1.82, 2.24) is 0 Å². The number of rotatable bonds is 1. The average Bonchev–Trinajstić information content (AvgIpc) is 2.03. The number of benzene rings is 1. The Labute approximate surface area is 81.1 Å². The molecule has 0 atom stereocenters. The van der Waals surface area contributed by atoms with Crippen LogP contribution in [-0.4, -0.2) is 17.2 Å². The summed E-state index contributed by atoms with van der Waals surface area (Å²) in [6, 6.07) is 8.98. The second-order valence-corrected chi connectivity index (χ2v) is 2.24. The Balaban J connectivity index is 0.000000364. The van der Waals surface area contributed by atoms with Gasteiger partial charge in [-0.05, 0) is 12.1 Å². The lowest BCUT2D eigenvalue weighted by molar-refractivity contribution is -0.131. The van der Waals surface area contributed by atoms with E-state index in [9.17, 15) is 4.79 Å². The highest BCUT2D eigenvalue weighted by atomic mass is 16.5. The molecule has 0 aliphatic carbocycles. The van der Waals surface area contributed by atoms with E-state index in [0.29, 0.717) is 5.75 Å². The van der Waals surface area contributed by atoms with Crippen LogP contribution >= 0.6 is 0 Å². The molecule has 0 aliphatic heterocycles. The van der Waals surface area contributed by atoms with E-state index in [1.165, 1.54) is 6.92 Å². The molecule has 0 saturated carbocycles. The van der Waals surface area contributed by atoms with Gasteiger partial charge in [-0.1, -0.05) is 18.2 Å². The van der Waals surface area contributed by atoms with Crippen LogP contribution in [0.5, 0.6) is 5.75 Å². The fraction of sp³-hybridized carbons (Fsp3) is 0.111. The third kappa shape index (κ3) is 8.06. The zero-order valence-corrected chi connectivity index (χ0v) is 7.64. The quantitative estimate of drug-likeness (QED) is 0.523. The molecule has 1 aromatic carbocycles. The van der Waals surface area contributed by atoms with Gasteiger partial charge in [0.25, 0.3) is 0 Å². The highest BCUT2D eigenvalue weighted by molar-refractivity contribution is 5.69. The summed E-state index contributed by atoms with van der Waals surface area (Å²) in [7, 11) is 0. The van der Waals surface area contributed by atoms with Crippen LogP contribution in [-0.2, 0) is 4.79 Å². The Bertz CT molecular complexity index is 293. The summed E-state index contributed by atoms with van der Waals surface area (Å²) in [5, 5.41) is 7.19. The summed E-state index contributed by atoms with van der Waals surface area (Å²) >= 11 is 0. The lowest BCUT2D eigenvalue weighted by atomic mass is 10.3. The zero-order valence-electron chi connectivity index (χ0n) is 7.64. The standard InChI is InChI=1S/C8H8O2.CH3NO2/c1-7(9)10-8-5-3-2-4-6-8;2-1(3)4/h2-6H,1H3;2H2,(H,3,4). The van der Waals surface area contributed by atoms with Crippen LogP contribution in [0, 0.1) is 0 Å². The molecule has 76 valence electrons. The first-order valence-corrected chi connectivity index (χ1v) is 3.74. The van der Waals surface area contributed by atoms with Crippen LogP contribution in [0.25, 0.3) is 0 Å². The Morgan fingerprint density at radius 2 is 1.71 bits per heavy atom. The van der Waals surface area contributed by atoms with Crippen molar-refractivity contribution in [2.24, 2.45) is 5.73 Å². The second kappa shape index (κ2) is 6.47. The van der Waals surface area contributed by atoms with Gasteiger partial charge in [0.05, 0.1) is 0 Å².